The Labute approximate surface area is 114 Å². The van der Waals surface area contributed by atoms with Crippen LogP contribution in [-0.4, -0.2) is 7.05 Å². The summed E-state index contributed by atoms with van der Waals surface area (Å²) in [6.07, 6.45) is 0.862. The van der Waals surface area contributed by atoms with Crippen molar-refractivity contribution >= 4 is 0 Å². The third kappa shape index (κ3) is 3.42. The van der Waals surface area contributed by atoms with E-state index in [2.05, 4.69) is 37.4 Å². The van der Waals surface area contributed by atoms with Crippen LogP contribution in [0, 0.1) is 19.7 Å². The minimum absolute atomic E-state index is 0.184. The van der Waals surface area contributed by atoms with Gasteiger partial charge < -0.3 is 5.32 Å². The molecule has 0 aliphatic rings. The third-order valence-corrected chi connectivity index (χ3v) is 3.50. The Morgan fingerprint density at radius 3 is 2.32 bits per heavy atom. The van der Waals surface area contributed by atoms with Crippen molar-refractivity contribution in [2.45, 2.75) is 26.3 Å². The number of hydrogen-bond donors (Lipinski definition) is 1. The van der Waals surface area contributed by atoms with Gasteiger partial charge in [0.05, 0.1) is 0 Å². The van der Waals surface area contributed by atoms with Crippen LogP contribution in [-0.2, 0) is 6.42 Å². The first-order valence-corrected chi connectivity index (χ1v) is 6.59. The van der Waals surface area contributed by atoms with Crippen LogP contribution in [0.3, 0.4) is 0 Å². The normalized spacial score (nSPS) is 12.4. The summed E-state index contributed by atoms with van der Waals surface area (Å²) >= 11 is 0. The van der Waals surface area contributed by atoms with E-state index in [1.165, 1.54) is 28.8 Å². The van der Waals surface area contributed by atoms with E-state index in [4.69, 9.17) is 0 Å². The zero-order chi connectivity index (χ0) is 13.8. The molecule has 100 valence electrons. The smallest absolute Gasteiger partial charge is 0.123 e. The van der Waals surface area contributed by atoms with Crippen LogP contribution >= 0.6 is 0 Å². The second kappa shape index (κ2) is 5.98. The fraction of sp³-hybridized carbons (Fsp3) is 0.294. The highest BCUT2D eigenvalue weighted by Gasteiger charge is 2.12. The van der Waals surface area contributed by atoms with Crippen molar-refractivity contribution in [3.63, 3.8) is 0 Å². The van der Waals surface area contributed by atoms with Crippen LogP contribution in [0.4, 0.5) is 4.39 Å². The number of halogens is 1. The highest BCUT2D eigenvalue weighted by Crippen LogP contribution is 2.22. The number of rotatable bonds is 4. The van der Waals surface area contributed by atoms with Gasteiger partial charge >= 0.3 is 0 Å². The van der Waals surface area contributed by atoms with E-state index in [9.17, 15) is 4.39 Å². The van der Waals surface area contributed by atoms with Crippen LogP contribution in [0.2, 0.25) is 0 Å². The van der Waals surface area contributed by atoms with Crippen molar-refractivity contribution < 1.29 is 4.39 Å². The summed E-state index contributed by atoms with van der Waals surface area (Å²) in [6, 6.07) is 13.5. The molecule has 0 aliphatic carbocycles. The molecule has 2 rings (SSSR count). The van der Waals surface area contributed by atoms with Gasteiger partial charge in [0.2, 0.25) is 0 Å². The lowest BCUT2D eigenvalue weighted by Crippen LogP contribution is -2.19. The Morgan fingerprint density at radius 2 is 1.74 bits per heavy atom. The highest BCUT2D eigenvalue weighted by atomic mass is 19.1. The minimum Gasteiger partial charge on any atom is -0.313 e. The van der Waals surface area contributed by atoms with E-state index in [0.717, 1.165) is 12.0 Å². The lowest BCUT2D eigenvalue weighted by Gasteiger charge is -2.19. The first-order valence-electron chi connectivity index (χ1n) is 6.59. The summed E-state index contributed by atoms with van der Waals surface area (Å²) in [5.41, 5.74) is 5.01. The number of hydrogen-bond acceptors (Lipinski definition) is 1. The van der Waals surface area contributed by atoms with Crippen LogP contribution in [0.25, 0.3) is 0 Å². The maximum atomic E-state index is 12.9. The molecular weight excluding hydrogens is 237 g/mol. The van der Waals surface area contributed by atoms with Gasteiger partial charge in [-0.05, 0) is 56.1 Å². The van der Waals surface area contributed by atoms with Crippen LogP contribution in [0.1, 0.15) is 28.3 Å². The van der Waals surface area contributed by atoms with Crippen LogP contribution < -0.4 is 5.32 Å². The van der Waals surface area contributed by atoms with Crippen LogP contribution in [0.15, 0.2) is 42.5 Å². The van der Waals surface area contributed by atoms with Gasteiger partial charge in [0.1, 0.15) is 5.82 Å². The van der Waals surface area contributed by atoms with Gasteiger partial charge in [0.25, 0.3) is 0 Å². The first-order chi connectivity index (χ1) is 9.10. The molecule has 0 aliphatic heterocycles. The molecule has 0 amide bonds. The van der Waals surface area contributed by atoms with E-state index in [-0.39, 0.29) is 11.9 Å². The second-order valence-corrected chi connectivity index (χ2v) is 5.03. The lowest BCUT2D eigenvalue weighted by molar-refractivity contribution is 0.586. The van der Waals surface area contributed by atoms with Gasteiger partial charge in [0, 0.05) is 6.04 Å². The SMILES string of the molecule is CNC(Cc1ccc(F)cc1)c1ccc(C)cc1C. The zero-order valence-corrected chi connectivity index (χ0v) is 11.7. The van der Waals surface area contributed by atoms with Gasteiger partial charge in [-0.1, -0.05) is 35.9 Å². The Balaban J connectivity index is 2.22. The molecule has 0 fully saturated rings. The summed E-state index contributed by atoms with van der Waals surface area (Å²) in [5.74, 6) is -0.184. The van der Waals surface area contributed by atoms with Gasteiger partial charge in [-0.15, -0.1) is 0 Å². The summed E-state index contributed by atoms with van der Waals surface area (Å²) in [5, 5.41) is 3.35. The Bertz CT molecular complexity index is 546. The van der Waals surface area contributed by atoms with E-state index in [1.807, 2.05) is 19.2 Å². The summed E-state index contributed by atoms with van der Waals surface area (Å²) in [6.45, 7) is 4.24. The molecule has 0 saturated heterocycles. The molecule has 2 aromatic carbocycles. The first kappa shape index (κ1) is 13.8. The van der Waals surface area contributed by atoms with Gasteiger partial charge in [-0.25, -0.2) is 4.39 Å². The molecule has 0 radical (unpaired) electrons. The molecule has 2 aromatic rings. The molecule has 0 aromatic heterocycles. The topological polar surface area (TPSA) is 12.0 Å². The van der Waals surface area contributed by atoms with E-state index < -0.39 is 0 Å². The summed E-state index contributed by atoms with van der Waals surface area (Å²) in [7, 11) is 1.97. The molecule has 1 nitrogen and oxygen atoms in total. The van der Waals surface area contributed by atoms with Gasteiger partial charge in [-0.2, -0.15) is 0 Å². The second-order valence-electron chi connectivity index (χ2n) is 5.03. The zero-order valence-electron chi connectivity index (χ0n) is 11.7. The molecular formula is C17H20FN. The molecule has 19 heavy (non-hydrogen) atoms. The Morgan fingerprint density at radius 1 is 1.05 bits per heavy atom. The predicted octanol–water partition coefficient (Wildman–Crippen LogP) is 3.95. The molecule has 2 heteroatoms. The average Bonchev–Trinajstić information content (AvgIpc) is 2.39. The summed E-state index contributed by atoms with van der Waals surface area (Å²) in [4.78, 5) is 0. The molecule has 1 unspecified atom stereocenters. The quantitative estimate of drug-likeness (QED) is 0.874. The lowest BCUT2D eigenvalue weighted by atomic mass is 9.94. The molecule has 1 N–H and O–H groups in total. The van der Waals surface area contributed by atoms with Crippen molar-refractivity contribution in [2.24, 2.45) is 0 Å². The highest BCUT2D eigenvalue weighted by molar-refractivity contribution is 5.34. The van der Waals surface area contributed by atoms with E-state index in [0.29, 0.717) is 0 Å². The van der Waals surface area contributed by atoms with Crippen molar-refractivity contribution in [3.8, 4) is 0 Å². The van der Waals surface area contributed by atoms with Crippen molar-refractivity contribution in [3.05, 3.63) is 70.5 Å². The van der Waals surface area contributed by atoms with Crippen LogP contribution in [0.5, 0.6) is 0 Å². The van der Waals surface area contributed by atoms with Crippen molar-refractivity contribution in [2.75, 3.05) is 7.05 Å². The number of aryl methyl sites for hydroxylation is 2. The third-order valence-electron chi connectivity index (χ3n) is 3.50. The molecule has 0 heterocycles. The Hall–Kier alpha value is -1.67. The minimum atomic E-state index is -0.184. The van der Waals surface area contributed by atoms with Gasteiger partial charge in [0.15, 0.2) is 0 Å². The molecule has 0 saturated carbocycles. The summed E-state index contributed by atoms with van der Waals surface area (Å²) < 4.78 is 12.9. The van der Waals surface area contributed by atoms with Crippen molar-refractivity contribution in [1.82, 2.24) is 5.32 Å². The standard InChI is InChI=1S/C17H20FN/c1-12-4-9-16(13(2)10-12)17(19-3)11-14-5-7-15(18)8-6-14/h4-10,17,19H,11H2,1-3H3. The van der Waals surface area contributed by atoms with E-state index >= 15 is 0 Å². The predicted molar refractivity (Wildman–Crippen MR) is 77.8 cm³/mol. The van der Waals surface area contributed by atoms with E-state index in [1.54, 1.807) is 0 Å². The maximum Gasteiger partial charge on any atom is 0.123 e. The van der Waals surface area contributed by atoms with Gasteiger partial charge in [-0.3, -0.25) is 0 Å². The monoisotopic (exact) mass is 257 g/mol. The maximum absolute atomic E-state index is 12.9. The largest absolute Gasteiger partial charge is 0.313 e. The Kier molecular flexibility index (Phi) is 4.33. The van der Waals surface area contributed by atoms with Crippen molar-refractivity contribution in [1.29, 1.82) is 0 Å². The number of likely N-dealkylation sites (N-methyl/N-ethyl adjacent to an activating group) is 1. The number of benzene rings is 2. The fourth-order valence-corrected chi connectivity index (χ4v) is 2.44. The molecule has 1 atom stereocenters. The fourth-order valence-electron chi connectivity index (χ4n) is 2.44. The molecule has 0 spiro atoms. The number of nitrogens with one attached hydrogen (secondary N) is 1. The average molecular weight is 257 g/mol. The molecule has 0 bridgehead atoms.